The maximum atomic E-state index is 12.4. The SMILES string of the molecule is CCC1CCCCN1C(=O)COC(=O)C=Cc1cc(OC)c(OC)c(OC)c1. The lowest BCUT2D eigenvalue weighted by molar-refractivity contribution is -0.150. The highest BCUT2D eigenvalue weighted by atomic mass is 16.5. The van der Waals surface area contributed by atoms with E-state index in [0.717, 1.165) is 32.2 Å². The third-order valence-corrected chi connectivity index (χ3v) is 4.86. The molecule has 1 heterocycles. The monoisotopic (exact) mass is 391 g/mol. The Balaban J connectivity index is 1.97. The highest BCUT2D eigenvalue weighted by molar-refractivity contribution is 5.89. The Morgan fingerprint density at radius 3 is 2.36 bits per heavy atom. The molecule has 0 saturated carbocycles. The first-order valence-corrected chi connectivity index (χ1v) is 9.48. The second kappa shape index (κ2) is 10.6. The highest BCUT2D eigenvalue weighted by Gasteiger charge is 2.25. The normalized spacial score (nSPS) is 16.7. The van der Waals surface area contributed by atoms with Crippen molar-refractivity contribution in [3.8, 4) is 17.2 Å². The predicted octanol–water partition coefficient (Wildman–Crippen LogP) is 3.06. The van der Waals surface area contributed by atoms with Gasteiger partial charge in [-0.25, -0.2) is 4.79 Å². The maximum absolute atomic E-state index is 12.4. The fourth-order valence-corrected chi connectivity index (χ4v) is 3.38. The summed E-state index contributed by atoms with van der Waals surface area (Å²) in [6.07, 6.45) is 6.92. The van der Waals surface area contributed by atoms with E-state index in [1.165, 1.54) is 27.4 Å². The summed E-state index contributed by atoms with van der Waals surface area (Å²) < 4.78 is 21.0. The van der Waals surface area contributed by atoms with Crippen LogP contribution in [0.2, 0.25) is 0 Å². The summed E-state index contributed by atoms with van der Waals surface area (Å²) in [7, 11) is 4.57. The standard InChI is InChI=1S/C21H29NO6/c1-5-16-8-6-7-11-22(16)19(23)14-28-20(24)10-9-15-12-17(25-2)21(27-4)18(13-15)26-3/h9-10,12-13,16H,5-8,11,14H2,1-4H3. The molecular weight excluding hydrogens is 362 g/mol. The molecule has 0 spiro atoms. The molecule has 1 aliphatic heterocycles. The number of carbonyl (C=O) groups excluding carboxylic acids is 2. The second-order valence-electron chi connectivity index (χ2n) is 6.54. The lowest BCUT2D eigenvalue weighted by atomic mass is 10.00. The second-order valence-corrected chi connectivity index (χ2v) is 6.54. The van der Waals surface area contributed by atoms with E-state index in [1.807, 2.05) is 4.90 Å². The van der Waals surface area contributed by atoms with Crippen LogP contribution >= 0.6 is 0 Å². The fraction of sp³-hybridized carbons (Fsp3) is 0.524. The summed E-state index contributed by atoms with van der Waals surface area (Å²) in [6.45, 7) is 2.56. The number of esters is 1. The Kier molecular flexibility index (Phi) is 8.17. The summed E-state index contributed by atoms with van der Waals surface area (Å²) >= 11 is 0. The van der Waals surface area contributed by atoms with Gasteiger partial charge in [-0.15, -0.1) is 0 Å². The van der Waals surface area contributed by atoms with E-state index in [0.29, 0.717) is 22.8 Å². The first kappa shape index (κ1) is 21.6. The van der Waals surface area contributed by atoms with Gasteiger partial charge in [-0.1, -0.05) is 6.92 Å². The quantitative estimate of drug-likeness (QED) is 0.501. The molecule has 1 fully saturated rings. The van der Waals surface area contributed by atoms with E-state index < -0.39 is 5.97 Å². The van der Waals surface area contributed by atoms with Gasteiger partial charge in [0.25, 0.3) is 5.91 Å². The van der Waals surface area contributed by atoms with Crippen LogP contribution in [-0.4, -0.2) is 57.3 Å². The molecule has 1 unspecified atom stereocenters. The van der Waals surface area contributed by atoms with E-state index in [1.54, 1.807) is 18.2 Å². The number of piperidine rings is 1. The van der Waals surface area contributed by atoms with E-state index in [2.05, 4.69) is 6.92 Å². The van der Waals surface area contributed by atoms with Crippen LogP contribution in [-0.2, 0) is 14.3 Å². The van der Waals surface area contributed by atoms with E-state index in [4.69, 9.17) is 18.9 Å². The first-order valence-electron chi connectivity index (χ1n) is 9.48. The predicted molar refractivity (Wildman–Crippen MR) is 106 cm³/mol. The van der Waals surface area contributed by atoms with Gasteiger partial charge in [0, 0.05) is 18.7 Å². The Labute approximate surface area is 166 Å². The number of methoxy groups -OCH3 is 3. The molecule has 0 bridgehead atoms. The van der Waals surface area contributed by atoms with Crippen LogP contribution in [0, 0.1) is 0 Å². The van der Waals surface area contributed by atoms with Crippen LogP contribution in [0.5, 0.6) is 17.2 Å². The molecule has 1 amide bonds. The van der Waals surface area contributed by atoms with Crippen LogP contribution in [0.3, 0.4) is 0 Å². The largest absolute Gasteiger partial charge is 0.493 e. The molecular formula is C21H29NO6. The third-order valence-electron chi connectivity index (χ3n) is 4.86. The lowest BCUT2D eigenvalue weighted by Gasteiger charge is -2.35. The summed E-state index contributed by atoms with van der Waals surface area (Å²) in [4.78, 5) is 26.2. The van der Waals surface area contributed by atoms with Crippen molar-refractivity contribution in [3.05, 3.63) is 23.8 Å². The lowest BCUT2D eigenvalue weighted by Crippen LogP contribution is -2.45. The minimum absolute atomic E-state index is 0.138. The molecule has 154 valence electrons. The van der Waals surface area contributed by atoms with Gasteiger partial charge in [0.1, 0.15) is 0 Å². The van der Waals surface area contributed by atoms with Crippen molar-refractivity contribution in [1.29, 1.82) is 0 Å². The Bertz CT molecular complexity index is 690. The number of amides is 1. The van der Waals surface area contributed by atoms with Gasteiger partial charge >= 0.3 is 5.97 Å². The fourth-order valence-electron chi connectivity index (χ4n) is 3.38. The molecule has 0 aliphatic carbocycles. The molecule has 7 heteroatoms. The van der Waals surface area contributed by atoms with Crippen molar-refractivity contribution in [2.45, 2.75) is 38.6 Å². The maximum Gasteiger partial charge on any atom is 0.331 e. The molecule has 0 aromatic heterocycles. The van der Waals surface area contributed by atoms with E-state index >= 15 is 0 Å². The van der Waals surface area contributed by atoms with Gasteiger partial charge in [0.15, 0.2) is 18.1 Å². The van der Waals surface area contributed by atoms with Gasteiger partial charge in [-0.05, 0) is 49.5 Å². The van der Waals surface area contributed by atoms with Crippen molar-refractivity contribution in [3.63, 3.8) is 0 Å². The van der Waals surface area contributed by atoms with Crippen LogP contribution < -0.4 is 14.2 Å². The topological polar surface area (TPSA) is 74.3 Å². The molecule has 28 heavy (non-hydrogen) atoms. The smallest absolute Gasteiger partial charge is 0.331 e. The highest BCUT2D eigenvalue weighted by Crippen LogP contribution is 2.38. The van der Waals surface area contributed by atoms with E-state index in [-0.39, 0.29) is 18.6 Å². The van der Waals surface area contributed by atoms with Gasteiger partial charge in [0.05, 0.1) is 21.3 Å². The van der Waals surface area contributed by atoms with Gasteiger partial charge < -0.3 is 23.8 Å². The number of carbonyl (C=O) groups is 2. The van der Waals surface area contributed by atoms with Gasteiger partial charge in [-0.2, -0.15) is 0 Å². The zero-order chi connectivity index (χ0) is 20.5. The van der Waals surface area contributed by atoms with Crippen LogP contribution in [0.15, 0.2) is 18.2 Å². The molecule has 1 aromatic carbocycles. The van der Waals surface area contributed by atoms with Crippen LogP contribution in [0.4, 0.5) is 0 Å². The average molecular weight is 391 g/mol. The number of ether oxygens (including phenoxy) is 4. The first-order chi connectivity index (χ1) is 13.5. The van der Waals surface area contributed by atoms with E-state index in [9.17, 15) is 9.59 Å². The molecule has 1 saturated heterocycles. The summed E-state index contributed by atoms with van der Waals surface area (Å²) in [5, 5.41) is 0. The summed E-state index contributed by atoms with van der Waals surface area (Å²) in [5.74, 6) is 0.733. The molecule has 1 atom stereocenters. The van der Waals surface area contributed by atoms with Crippen molar-refractivity contribution >= 4 is 18.0 Å². The Morgan fingerprint density at radius 1 is 1.11 bits per heavy atom. The molecule has 0 radical (unpaired) electrons. The van der Waals surface area contributed by atoms with Crippen LogP contribution in [0.25, 0.3) is 6.08 Å². The van der Waals surface area contributed by atoms with Crippen LogP contribution in [0.1, 0.15) is 38.2 Å². The number of rotatable bonds is 8. The van der Waals surface area contributed by atoms with Gasteiger partial charge in [0.2, 0.25) is 5.75 Å². The number of hydrogen-bond donors (Lipinski definition) is 0. The number of likely N-dealkylation sites (tertiary alicyclic amines) is 1. The van der Waals surface area contributed by atoms with Crippen molar-refractivity contribution < 1.29 is 28.5 Å². The molecule has 0 N–H and O–H groups in total. The Hall–Kier alpha value is -2.70. The van der Waals surface area contributed by atoms with Crippen molar-refractivity contribution in [2.75, 3.05) is 34.5 Å². The minimum atomic E-state index is -0.577. The Morgan fingerprint density at radius 2 is 1.79 bits per heavy atom. The summed E-state index contributed by atoms with van der Waals surface area (Å²) in [6, 6.07) is 3.68. The summed E-state index contributed by atoms with van der Waals surface area (Å²) in [5.41, 5.74) is 0.680. The molecule has 7 nitrogen and oxygen atoms in total. The van der Waals surface area contributed by atoms with Crippen molar-refractivity contribution in [2.24, 2.45) is 0 Å². The van der Waals surface area contributed by atoms with Gasteiger partial charge in [-0.3, -0.25) is 4.79 Å². The number of nitrogens with zero attached hydrogens (tertiary/aromatic N) is 1. The molecule has 1 aliphatic rings. The minimum Gasteiger partial charge on any atom is -0.493 e. The number of hydrogen-bond acceptors (Lipinski definition) is 6. The molecule has 2 rings (SSSR count). The zero-order valence-electron chi connectivity index (χ0n) is 17.0. The average Bonchev–Trinajstić information content (AvgIpc) is 2.74. The van der Waals surface area contributed by atoms with Crippen molar-refractivity contribution in [1.82, 2.24) is 4.90 Å². The zero-order valence-corrected chi connectivity index (χ0v) is 17.0. The number of benzene rings is 1. The molecule has 1 aromatic rings. The third kappa shape index (κ3) is 5.41.